The van der Waals surface area contributed by atoms with Crippen LogP contribution < -0.4 is 5.32 Å². The maximum absolute atomic E-state index is 4.59. The molecule has 0 radical (unpaired) electrons. The van der Waals surface area contributed by atoms with Gasteiger partial charge in [-0.25, -0.2) is 0 Å². The van der Waals surface area contributed by atoms with Crippen LogP contribution in [0.5, 0.6) is 0 Å². The Morgan fingerprint density at radius 1 is 1.35 bits per heavy atom. The smallest absolute Gasteiger partial charge is 0.157 e. The van der Waals surface area contributed by atoms with Gasteiger partial charge in [-0.2, -0.15) is 0 Å². The lowest BCUT2D eigenvalue weighted by Gasteiger charge is -2.09. The van der Waals surface area contributed by atoms with Gasteiger partial charge in [0.1, 0.15) is 0 Å². The fourth-order valence-electron chi connectivity index (χ4n) is 2.22. The van der Waals surface area contributed by atoms with Gasteiger partial charge in [0.05, 0.1) is 11.8 Å². The van der Waals surface area contributed by atoms with Crippen LogP contribution in [0.15, 0.2) is 35.3 Å². The minimum atomic E-state index is 0.510. The molecule has 2 aliphatic rings. The van der Waals surface area contributed by atoms with E-state index >= 15 is 0 Å². The molecule has 1 fully saturated rings. The van der Waals surface area contributed by atoms with E-state index in [0.29, 0.717) is 5.25 Å². The van der Waals surface area contributed by atoms with Gasteiger partial charge in [-0.05, 0) is 23.8 Å². The molecule has 0 saturated heterocycles. The molecule has 3 unspecified atom stereocenters. The summed E-state index contributed by atoms with van der Waals surface area (Å²) in [5.74, 6) is 1.80. The standard InChI is InChI=1S/C14H18N2S/c1-10-7-12(10)8-15-14-16-9-13(17-14)11-5-3-2-4-6-11/h2-6,10,12-13H,7-9H2,1H3,(H,15,16). The third kappa shape index (κ3) is 2.65. The van der Waals surface area contributed by atoms with Crippen LogP contribution >= 0.6 is 11.8 Å². The Kier molecular flexibility index (Phi) is 3.10. The molecule has 1 N–H and O–H groups in total. The highest BCUT2D eigenvalue weighted by atomic mass is 32.2. The van der Waals surface area contributed by atoms with Gasteiger partial charge < -0.3 is 5.32 Å². The Labute approximate surface area is 107 Å². The molecule has 3 atom stereocenters. The van der Waals surface area contributed by atoms with Gasteiger partial charge in [-0.3, -0.25) is 4.99 Å². The Morgan fingerprint density at radius 3 is 2.82 bits per heavy atom. The Bertz CT molecular complexity index is 415. The van der Waals surface area contributed by atoms with Crippen molar-refractivity contribution in [2.45, 2.75) is 18.6 Å². The van der Waals surface area contributed by atoms with Crippen LogP contribution in [0, 0.1) is 11.8 Å². The monoisotopic (exact) mass is 246 g/mol. The van der Waals surface area contributed by atoms with E-state index in [4.69, 9.17) is 0 Å². The normalized spacial score (nSPS) is 31.1. The summed E-state index contributed by atoms with van der Waals surface area (Å²) in [4.78, 5) is 4.59. The number of hydrogen-bond acceptors (Lipinski definition) is 3. The minimum Gasteiger partial charge on any atom is -0.365 e. The lowest BCUT2D eigenvalue weighted by atomic mass is 10.1. The van der Waals surface area contributed by atoms with E-state index in [0.717, 1.165) is 30.1 Å². The van der Waals surface area contributed by atoms with Crippen LogP contribution in [0.1, 0.15) is 24.2 Å². The molecule has 1 aromatic carbocycles. The minimum absolute atomic E-state index is 0.510. The van der Waals surface area contributed by atoms with Crippen molar-refractivity contribution in [2.75, 3.05) is 13.1 Å². The van der Waals surface area contributed by atoms with E-state index in [-0.39, 0.29) is 0 Å². The molecular weight excluding hydrogens is 228 g/mol. The first-order valence-electron chi connectivity index (χ1n) is 6.33. The van der Waals surface area contributed by atoms with Crippen molar-refractivity contribution >= 4 is 16.9 Å². The number of nitrogens with zero attached hydrogens (tertiary/aromatic N) is 1. The number of aliphatic imine (C=N–C) groups is 1. The first kappa shape index (κ1) is 11.1. The zero-order chi connectivity index (χ0) is 11.7. The van der Waals surface area contributed by atoms with Crippen molar-refractivity contribution in [1.29, 1.82) is 0 Å². The molecule has 1 heterocycles. The first-order valence-corrected chi connectivity index (χ1v) is 7.21. The molecule has 1 saturated carbocycles. The summed E-state index contributed by atoms with van der Waals surface area (Å²) >= 11 is 1.87. The topological polar surface area (TPSA) is 24.4 Å². The molecule has 0 aromatic heterocycles. The van der Waals surface area contributed by atoms with Crippen LogP contribution in [0.3, 0.4) is 0 Å². The average Bonchev–Trinajstić information content (AvgIpc) is 2.90. The summed E-state index contributed by atoms with van der Waals surface area (Å²) in [6.07, 6.45) is 1.38. The molecular formula is C14H18N2S. The Morgan fingerprint density at radius 2 is 2.12 bits per heavy atom. The van der Waals surface area contributed by atoms with E-state index in [1.54, 1.807) is 0 Å². The second kappa shape index (κ2) is 4.73. The zero-order valence-corrected chi connectivity index (χ0v) is 10.9. The number of thioether (sulfide) groups is 1. The second-order valence-electron chi connectivity index (χ2n) is 5.02. The molecule has 0 spiro atoms. The fraction of sp³-hybridized carbons (Fsp3) is 0.500. The largest absolute Gasteiger partial charge is 0.365 e. The lowest BCUT2D eigenvalue weighted by molar-refractivity contribution is 0.715. The predicted molar refractivity (Wildman–Crippen MR) is 74.3 cm³/mol. The van der Waals surface area contributed by atoms with Crippen molar-refractivity contribution < 1.29 is 0 Å². The Hall–Kier alpha value is -0.960. The van der Waals surface area contributed by atoms with E-state index in [1.165, 1.54) is 12.0 Å². The van der Waals surface area contributed by atoms with Gasteiger partial charge in [-0.1, -0.05) is 49.0 Å². The highest BCUT2D eigenvalue weighted by molar-refractivity contribution is 8.14. The number of benzene rings is 1. The molecule has 1 aliphatic carbocycles. The maximum Gasteiger partial charge on any atom is 0.157 e. The highest BCUT2D eigenvalue weighted by Gasteiger charge is 2.32. The molecule has 90 valence electrons. The van der Waals surface area contributed by atoms with Gasteiger partial charge in [-0.15, -0.1) is 0 Å². The van der Waals surface area contributed by atoms with Crippen LogP contribution in [0.4, 0.5) is 0 Å². The molecule has 2 nitrogen and oxygen atoms in total. The summed E-state index contributed by atoms with van der Waals surface area (Å²) < 4.78 is 0. The Balaban J connectivity index is 1.51. The third-order valence-electron chi connectivity index (χ3n) is 3.62. The molecule has 1 aromatic rings. The molecule has 3 rings (SSSR count). The number of nitrogens with one attached hydrogen (secondary N) is 1. The van der Waals surface area contributed by atoms with Crippen LogP contribution in [-0.4, -0.2) is 18.3 Å². The quantitative estimate of drug-likeness (QED) is 0.886. The van der Waals surface area contributed by atoms with E-state index in [1.807, 2.05) is 11.8 Å². The second-order valence-corrected chi connectivity index (χ2v) is 6.21. The molecule has 17 heavy (non-hydrogen) atoms. The van der Waals surface area contributed by atoms with Gasteiger partial charge >= 0.3 is 0 Å². The van der Waals surface area contributed by atoms with Crippen molar-refractivity contribution in [3.63, 3.8) is 0 Å². The number of rotatable bonds is 3. The lowest BCUT2D eigenvalue weighted by Crippen LogP contribution is -2.22. The summed E-state index contributed by atoms with van der Waals surface area (Å²) in [5, 5.41) is 5.13. The van der Waals surface area contributed by atoms with Crippen molar-refractivity contribution in [1.82, 2.24) is 5.32 Å². The van der Waals surface area contributed by atoms with Crippen molar-refractivity contribution in [2.24, 2.45) is 16.8 Å². The first-order chi connectivity index (χ1) is 8.33. The molecule has 0 bridgehead atoms. The summed E-state index contributed by atoms with van der Waals surface area (Å²) in [5.41, 5.74) is 1.39. The SMILES string of the molecule is CC1CC1CNC1=NCC(c2ccccc2)S1. The average molecular weight is 246 g/mol. The van der Waals surface area contributed by atoms with E-state index in [2.05, 4.69) is 47.6 Å². The summed E-state index contributed by atoms with van der Waals surface area (Å²) in [6, 6.07) is 10.7. The number of hydrogen-bond donors (Lipinski definition) is 1. The number of amidine groups is 1. The van der Waals surface area contributed by atoms with Gasteiger partial charge in [0.2, 0.25) is 0 Å². The molecule has 1 aliphatic heterocycles. The van der Waals surface area contributed by atoms with E-state index < -0.39 is 0 Å². The maximum atomic E-state index is 4.59. The van der Waals surface area contributed by atoms with Gasteiger partial charge in [0.15, 0.2) is 5.17 Å². The summed E-state index contributed by atoms with van der Waals surface area (Å²) in [7, 11) is 0. The van der Waals surface area contributed by atoms with Crippen LogP contribution in [-0.2, 0) is 0 Å². The fourth-order valence-corrected chi connectivity index (χ4v) is 3.24. The summed E-state index contributed by atoms with van der Waals surface area (Å²) in [6.45, 7) is 4.34. The van der Waals surface area contributed by atoms with E-state index in [9.17, 15) is 0 Å². The van der Waals surface area contributed by atoms with Gasteiger partial charge in [0.25, 0.3) is 0 Å². The molecule has 3 heteroatoms. The van der Waals surface area contributed by atoms with Crippen LogP contribution in [0.25, 0.3) is 0 Å². The van der Waals surface area contributed by atoms with Gasteiger partial charge in [0, 0.05) is 6.54 Å². The predicted octanol–water partition coefficient (Wildman–Crippen LogP) is 3.08. The van der Waals surface area contributed by atoms with Crippen LogP contribution in [0.2, 0.25) is 0 Å². The third-order valence-corrected chi connectivity index (χ3v) is 4.82. The van der Waals surface area contributed by atoms with Crippen molar-refractivity contribution in [3.05, 3.63) is 35.9 Å². The highest BCUT2D eigenvalue weighted by Crippen LogP contribution is 2.38. The molecule has 0 amide bonds. The zero-order valence-electron chi connectivity index (χ0n) is 10.1. The van der Waals surface area contributed by atoms with Crippen molar-refractivity contribution in [3.8, 4) is 0 Å².